The summed E-state index contributed by atoms with van der Waals surface area (Å²) in [6.45, 7) is 4.01. The van der Waals surface area contributed by atoms with Crippen molar-refractivity contribution < 1.29 is 0 Å². The van der Waals surface area contributed by atoms with Crippen LogP contribution in [0.1, 0.15) is 20.3 Å². The van der Waals surface area contributed by atoms with Gasteiger partial charge in [0.05, 0.1) is 0 Å². The SMILES string of the molecule is C/C=C(\C=C/CC)NC(N)=S. The van der Waals surface area contributed by atoms with Crippen LogP contribution in [0, 0.1) is 0 Å². The maximum atomic E-state index is 5.29. The fourth-order valence-electron chi connectivity index (χ4n) is 0.597. The van der Waals surface area contributed by atoms with Gasteiger partial charge in [0.1, 0.15) is 0 Å². The summed E-state index contributed by atoms with van der Waals surface area (Å²) in [4.78, 5) is 0. The molecular formula is C8H14N2S. The van der Waals surface area contributed by atoms with Crippen LogP contribution in [-0.2, 0) is 0 Å². The van der Waals surface area contributed by atoms with Crippen molar-refractivity contribution in [2.75, 3.05) is 0 Å². The van der Waals surface area contributed by atoms with Crippen LogP contribution in [0.25, 0.3) is 0 Å². The second-order valence-electron chi connectivity index (χ2n) is 2.04. The van der Waals surface area contributed by atoms with Gasteiger partial charge in [0.25, 0.3) is 0 Å². The van der Waals surface area contributed by atoms with Crippen molar-refractivity contribution in [3.8, 4) is 0 Å². The van der Waals surface area contributed by atoms with Gasteiger partial charge in [0, 0.05) is 5.70 Å². The molecule has 0 fully saturated rings. The molecule has 0 aromatic carbocycles. The zero-order valence-corrected chi connectivity index (χ0v) is 7.74. The minimum absolute atomic E-state index is 0.304. The molecule has 0 unspecified atom stereocenters. The van der Waals surface area contributed by atoms with Gasteiger partial charge in [-0.1, -0.05) is 19.1 Å². The lowest BCUT2D eigenvalue weighted by atomic mass is 10.3. The van der Waals surface area contributed by atoms with Gasteiger partial charge in [-0.15, -0.1) is 0 Å². The lowest BCUT2D eigenvalue weighted by molar-refractivity contribution is 1.15. The smallest absolute Gasteiger partial charge is 0.168 e. The molecule has 0 aliphatic rings. The minimum Gasteiger partial charge on any atom is -0.376 e. The van der Waals surface area contributed by atoms with Crippen molar-refractivity contribution in [1.29, 1.82) is 0 Å². The van der Waals surface area contributed by atoms with E-state index in [4.69, 9.17) is 5.73 Å². The van der Waals surface area contributed by atoms with Crippen LogP contribution in [-0.4, -0.2) is 5.11 Å². The summed E-state index contributed by atoms with van der Waals surface area (Å²) in [5, 5.41) is 3.15. The van der Waals surface area contributed by atoms with Gasteiger partial charge in [-0.2, -0.15) is 0 Å². The van der Waals surface area contributed by atoms with E-state index in [0.717, 1.165) is 12.1 Å². The molecule has 2 nitrogen and oxygen atoms in total. The molecule has 0 saturated heterocycles. The molecular weight excluding hydrogens is 156 g/mol. The topological polar surface area (TPSA) is 38.0 Å². The van der Waals surface area contributed by atoms with Crippen molar-refractivity contribution in [3.05, 3.63) is 23.9 Å². The number of hydrogen-bond donors (Lipinski definition) is 2. The average molecular weight is 170 g/mol. The van der Waals surface area contributed by atoms with Crippen LogP contribution < -0.4 is 11.1 Å². The summed E-state index contributed by atoms with van der Waals surface area (Å²) in [5.74, 6) is 0. The van der Waals surface area contributed by atoms with Gasteiger partial charge in [-0.25, -0.2) is 0 Å². The van der Waals surface area contributed by atoms with E-state index in [2.05, 4.69) is 24.5 Å². The summed E-state index contributed by atoms with van der Waals surface area (Å²) in [7, 11) is 0. The molecule has 0 amide bonds. The third-order valence-electron chi connectivity index (χ3n) is 1.11. The molecule has 0 radical (unpaired) electrons. The largest absolute Gasteiger partial charge is 0.376 e. The van der Waals surface area contributed by atoms with Crippen molar-refractivity contribution in [3.63, 3.8) is 0 Å². The zero-order valence-electron chi connectivity index (χ0n) is 6.92. The predicted molar refractivity (Wildman–Crippen MR) is 53.1 cm³/mol. The Morgan fingerprint density at radius 1 is 1.64 bits per heavy atom. The van der Waals surface area contributed by atoms with Gasteiger partial charge in [0.15, 0.2) is 5.11 Å². The van der Waals surface area contributed by atoms with E-state index < -0.39 is 0 Å². The third-order valence-corrected chi connectivity index (χ3v) is 1.21. The van der Waals surface area contributed by atoms with E-state index >= 15 is 0 Å². The van der Waals surface area contributed by atoms with E-state index in [1.54, 1.807) is 0 Å². The van der Waals surface area contributed by atoms with Gasteiger partial charge < -0.3 is 11.1 Å². The predicted octanol–water partition coefficient (Wildman–Crippen LogP) is 1.69. The van der Waals surface area contributed by atoms with E-state index in [0.29, 0.717) is 5.11 Å². The molecule has 11 heavy (non-hydrogen) atoms. The molecule has 0 aromatic heterocycles. The molecule has 0 atom stereocenters. The number of thiocarbonyl (C=S) groups is 1. The molecule has 0 spiro atoms. The van der Waals surface area contributed by atoms with Crippen LogP contribution >= 0.6 is 12.2 Å². The van der Waals surface area contributed by atoms with Crippen LogP contribution in [0.2, 0.25) is 0 Å². The Labute approximate surface area is 73.2 Å². The standard InChI is InChI=1S/C8H14N2S/c1-3-5-6-7(4-2)10-8(9)11/h4-6H,3H2,1-2H3,(H3,9,10,11)/b6-5-,7-4+. The number of rotatable bonds is 3. The molecule has 3 heteroatoms. The van der Waals surface area contributed by atoms with Gasteiger partial charge in [-0.3, -0.25) is 0 Å². The van der Waals surface area contributed by atoms with Crippen LogP contribution in [0.15, 0.2) is 23.9 Å². The summed E-state index contributed by atoms with van der Waals surface area (Å²) in [5.41, 5.74) is 6.23. The Kier molecular flexibility index (Phi) is 5.47. The molecule has 0 bridgehead atoms. The first kappa shape index (κ1) is 10.2. The monoisotopic (exact) mass is 170 g/mol. The molecule has 0 aliphatic heterocycles. The van der Waals surface area contributed by atoms with Crippen LogP contribution in [0.3, 0.4) is 0 Å². The Bertz CT molecular complexity index is 183. The van der Waals surface area contributed by atoms with E-state index in [1.807, 2.05) is 25.2 Å². The molecule has 0 aliphatic carbocycles. The van der Waals surface area contributed by atoms with Gasteiger partial charge >= 0.3 is 0 Å². The number of nitrogens with one attached hydrogen (secondary N) is 1. The number of nitrogens with two attached hydrogens (primary N) is 1. The highest BCUT2D eigenvalue weighted by atomic mass is 32.1. The van der Waals surface area contributed by atoms with E-state index in [9.17, 15) is 0 Å². The van der Waals surface area contributed by atoms with E-state index in [-0.39, 0.29) is 0 Å². The zero-order chi connectivity index (χ0) is 8.69. The molecule has 0 aromatic rings. The lowest BCUT2D eigenvalue weighted by Gasteiger charge is -2.02. The Morgan fingerprint density at radius 3 is 2.64 bits per heavy atom. The highest BCUT2D eigenvalue weighted by Gasteiger charge is 1.88. The second-order valence-corrected chi connectivity index (χ2v) is 2.48. The fraction of sp³-hybridized carbons (Fsp3) is 0.375. The first-order chi connectivity index (χ1) is 5.20. The van der Waals surface area contributed by atoms with Gasteiger partial charge in [0.2, 0.25) is 0 Å². The van der Waals surface area contributed by atoms with Crippen LogP contribution in [0.4, 0.5) is 0 Å². The van der Waals surface area contributed by atoms with Gasteiger partial charge in [-0.05, 0) is 31.6 Å². The van der Waals surface area contributed by atoms with Crippen molar-refractivity contribution in [1.82, 2.24) is 5.32 Å². The second kappa shape index (κ2) is 5.92. The lowest BCUT2D eigenvalue weighted by Crippen LogP contribution is -2.27. The normalized spacial score (nSPS) is 12.0. The molecule has 0 saturated carbocycles. The Morgan fingerprint density at radius 2 is 2.27 bits per heavy atom. The Hall–Kier alpha value is -0.830. The summed E-state index contributed by atoms with van der Waals surface area (Å²) in [6.07, 6.45) is 6.93. The third kappa shape index (κ3) is 5.61. The van der Waals surface area contributed by atoms with E-state index in [1.165, 1.54) is 0 Å². The Balaban J connectivity index is 3.98. The maximum Gasteiger partial charge on any atom is 0.168 e. The highest BCUT2D eigenvalue weighted by Crippen LogP contribution is 1.92. The number of hydrogen-bond acceptors (Lipinski definition) is 1. The van der Waals surface area contributed by atoms with Crippen LogP contribution in [0.5, 0.6) is 0 Å². The molecule has 0 heterocycles. The minimum atomic E-state index is 0.304. The quantitative estimate of drug-likeness (QED) is 0.500. The first-order valence-electron chi connectivity index (χ1n) is 3.60. The molecule has 62 valence electrons. The highest BCUT2D eigenvalue weighted by molar-refractivity contribution is 7.80. The fourth-order valence-corrected chi connectivity index (χ4v) is 0.715. The maximum absolute atomic E-state index is 5.29. The van der Waals surface area contributed by atoms with Crippen molar-refractivity contribution in [2.45, 2.75) is 20.3 Å². The average Bonchev–Trinajstić information content (AvgIpc) is 1.97. The molecule has 3 N–H and O–H groups in total. The summed E-state index contributed by atoms with van der Waals surface area (Å²) >= 11 is 4.68. The summed E-state index contributed by atoms with van der Waals surface area (Å²) < 4.78 is 0. The van der Waals surface area contributed by atoms with Crippen molar-refractivity contribution >= 4 is 17.3 Å². The van der Waals surface area contributed by atoms with Crippen molar-refractivity contribution in [2.24, 2.45) is 5.73 Å². The first-order valence-corrected chi connectivity index (χ1v) is 4.00. The molecule has 0 rings (SSSR count). The summed E-state index contributed by atoms with van der Waals surface area (Å²) in [6, 6.07) is 0. The number of allylic oxidation sites excluding steroid dienone is 3.